The molecule has 2 aromatic heterocycles. The second-order valence-electron chi connectivity index (χ2n) is 17.7. The number of carbonyl (C=O) groups is 4. The number of hydrogen-bond donors (Lipinski definition) is 3. The van der Waals surface area contributed by atoms with Crippen LogP contribution in [0.1, 0.15) is 84.1 Å². The number of nitrogens with zero attached hydrogens (tertiary/aromatic N) is 2. The van der Waals surface area contributed by atoms with E-state index in [9.17, 15) is 27.6 Å². The third-order valence-electron chi connectivity index (χ3n) is 11.8. The lowest BCUT2D eigenvalue weighted by Crippen LogP contribution is -2.58. The molecule has 0 radical (unpaired) electrons. The van der Waals surface area contributed by atoms with Crippen LogP contribution in [0.2, 0.25) is 0 Å². The van der Waals surface area contributed by atoms with E-state index in [4.69, 9.17) is 23.6 Å². The van der Waals surface area contributed by atoms with Crippen molar-refractivity contribution >= 4 is 55.9 Å². The Morgan fingerprint density at radius 3 is 2.51 bits per heavy atom. The molecule has 3 N–H and O–H groups in total. The highest BCUT2D eigenvalue weighted by Gasteiger charge is 2.62. The van der Waals surface area contributed by atoms with Gasteiger partial charge in [-0.15, -0.1) is 0 Å². The molecule has 4 aromatic rings. The summed E-state index contributed by atoms with van der Waals surface area (Å²) in [4.78, 5) is 62.8. The zero-order chi connectivity index (χ0) is 43.3. The van der Waals surface area contributed by atoms with Crippen molar-refractivity contribution in [1.29, 1.82) is 0 Å². The lowest BCUT2D eigenvalue weighted by Gasteiger charge is -2.30. The maximum atomic E-state index is 14.8. The number of ether oxygens (including phenoxy) is 3. The van der Waals surface area contributed by atoms with Crippen LogP contribution in [-0.4, -0.2) is 90.3 Å². The Balaban J connectivity index is 1.16. The third kappa shape index (κ3) is 9.05. The van der Waals surface area contributed by atoms with Crippen molar-refractivity contribution in [3.63, 3.8) is 0 Å². The van der Waals surface area contributed by atoms with Crippen LogP contribution in [0, 0.1) is 12.8 Å². The minimum Gasteiger partial charge on any atom is -0.497 e. The minimum atomic E-state index is -3.92. The van der Waals surface area contributed by atoms with Gasteiger partial charge in [0.1, 0.15) is 46.2 Å². The van der Waals surface area contributed by atoms with Gasteiger partial charge in [0.25, 0.3) is 5.91 Å². The van der Waals surface area contributed by atoms with E-state index in [1.165, 1.54) is 4.90 Å². The number of fused-ring (bicyclic) bond motifs is 5. The molecule has 2 aliphatic carbocycles. The fraction of sp³-hybridized carbons (Fsp3) is 0.489. The lowest BCUT2D eigenvalue weighted by atomic mass is 10.0. The number of alkyl carbamates (subject to hydrolysis) is 1. The zero-order valence-electron chi connectivity index (χ0n) is 35.1. The van der Waals surface area contributed by atoms with E-state index >= 15 is 0 Å². The number of aryl methyl sites for hydroxylation is 1. The number of furan rings is 1. The van der Waals surface area contributed by atoms with Gasteiger partial charge in [0.15, 0.2) is 11.3 Å². The number of methoxy groups -OCH3 is 1. The minimum absolute atomic E-state index is 0.00699. The number of allylic oxidation sites excluding steroid dienone is 1. The van der Waals surface area contributed by atoms with Crippen molar-refractivity contribution in [2.45, 2.75) is 120 Å². The number of benzene rings is 2. The van der Waals surface area contributed by atoms with Gasteiger partial charge in [-0.25, -0.2) is 18.2 Å². The van der Waals surface area contributed by atoms with E-state index in [1.807, 2.05) is 49.4 Å². The van der Waals surface area contributed by atoms with Gasteiger partial charge >= 0.3 is 6.09 Å². The highest BCUT2D eigenvalue weighted by atomic mass is 32.2. The second kappa shape index (κ2) is 16.3. The van der Waals surface area contributed by atoms with Crippen molar-refractivity contribution < 1.29 is 46.2 Å². The molecule has 2 aliphatic heterocycles. The maximum Gasteiger partial charge on any atom is 0.408 e. The molecule has 4 amide bonds. The van der Waals surface area contributed by atoms with E-state index in [0.717, 1.165) is 24.0 Å². The number of sulfonamides is 1. The topological polar surface area (TPSA) is 195 Å². The Morgan fingerprint density at radius 1 is 1.02 bits per heavy atom. The van der Waals surface area contributed by atoms with E-state index in [0.29, 0.717) is 71.4 Å². The van der Waals surface area contributed by atoms with Gasteiger partial charge < -0.3 is 34.2 Å². The summed E-state index contributed by atoms with van der Waals surface area (Å²) < 4.78 is 52.3. The largest absolute Gasteiger partial charge is 0.497 e. The molecule has 3 fully saturated rings. The van der Waals surface area contributed by atoms with Crippen LogP contribution < -0.4 is 24.8 Å². The van der Waals surface area contributed by atoms with E-state index < -0.39 is 74.3 Å². The van der Waals surface area contributed by atoms with Crippen LogP contribution in [0.3, 0.4) is 0 Å². The molecule has 0 unspecified atom stereocenters. The van der Waals surface area contributed by atoms with Crippen LogP contribution in [0.4, 0.5) is 4.79 Å². The summed E-state index contributed by atoms with van der Waals surface area (Å²) in [5.41, 5.74) is 1.61. The van der Waals surface area contributed by atoms with E-state index in [2.05, 4.69) is 15.4 Å². The molecule has 2 aromatic carbocycles. The predicted octanol–water partition coefficient (Wildman–Crippen LogP) is 6.21. The Bertz CT molecular complexity index is 2510. The Morgan fingerprint density at radius 2 is 1.79 bits per heavy atom. The highest BCUT2D eigenvalue weighted by molar-refractivity contribution is 7.91. The Hall–Kier alpha value is -5.64. The molecule has 61 heavy (non-hydrogen) atoms. The molecule has 15 nitrogen and oxygen atoms in total. The summed E-state index contributed by atoms with van der Waals surface area (Å²) in [6.45, 7) is 7.13. The number of rotatable bonds is 8. The zero-order valence-corrected chi connectivity index (χ0v) is 35.9. The van der Waals surface area contributed by atoms with Gasteiger partial charge in [0.2, 0.25) is 21.8 Å². The van der Waals surface area contributed by atoms with Gasteiger partial charge in [0.05, 0.1) is 30.0 Å². The smallest absolute Gasteiger partial charge is 0.408 e. The third-order valence-corrected chi connectivity index (χ3v) is 13.6. The fourth-order valence-electron chi connectivity index (χ4n) is 8.25. The van der Waals surface area contributed by atoms with Crippen LogP contribution >= 0.6 is 0 Å². The van der Waals surface area contributed by atoms with Crippen molar-refractivity contribution in [3.8, 4) is 22.8 Å². The van der Waals surface area contributed by atoms with Gasteiger partial charge in [-0.2, -0.15) is 0 Å². The molecule has 324 valence electrons. The van der Waals surface area contributed by atoms with Crippen molar-refractivity contribution in [2.24, 2.45) is 5.92 Å². The second-order valence-corrected chi connectivity index (χ2v) is 19.7. The summed E-state index contributed by atoms with van der Waals surface area (Å²) in [5.74, 6) is -1.45. The van der Waals surface area contributed by atoms with Gasteiger partial charge in [-0.1, -0.05) is 54.8 Å². The molecule has 1 saturated heterocycles. The number of carbonyl (C=O) groups excluding carboxylic acids is 4. The monoisotopic (exact) mass is 855 g/mol. The first-order chi connectivity index (χ1) is 29.0. The molecular formula is C45H53N5O10S. The van der Waals surface area contributed by atoms with Crippen molar-refractivity contribution in [3.05, 3.63) is 66.2 Å². The standard InChI is InChI=1S/C45H53N5O10S/c1-26-13-15-27(16-14-26)34-23-37(39-38(46-34)32-21-29(57-5)17-20-36(32)59-39)58-30-22-35-40(51)48-45(42(53)49-61(55,56)31-18-19-31)24-28(45)11-9-7-6-8-10-12-33(41(52)50(35)25-30)47-43(54)60-44(2,3)4/h9,11,13-17,20-21,23,28,30-31,33,35H,6-8,10,12,18-19,22,24-25H2,1-5H3,(H,47,54)(H,48,51)(H,49,53)/b11-9-/t28-,30-,33+,35+,45-/m1/s1. The van der Waals surface area contributed by atoms with E-state index in [-0.39, 0.29) is 19.4 Å². The predicted molar refractivity (Wildman–Crippen MR) is 227 cm³/mol. The summed E-state index contributed by atoms with van der Waals surface area (Å²) in [6, 6.07) is 12.9. The maximum absolute atomic E-state index is 14.8. The van der Waals surface area contributed by atoms with Gasteiger partial charge in [-0.3, -0.25) is 19.1 Å². The summed E-state index contributed by atoms with van der Waals surface area (Å²) in [7, 11) is -2.34. The fourth-order valence-corrected chi connectivity index (χ4v) is 9.61. The van der Waals surface area contributed by atoms with Crippen LogP contribution in [-0.2, 0) is 29.1 Å². The van der Waals surface area contributed by atoms with Crippen molar-refractivity contribution in [2.75, 3.05) is 13.7 Å². The number of aromatic nitrogens is 1. The Kier molecular flexibility index (Phi) is 11.3. The molecule has 0 spiro atoms. The first-order valence-electron chi connectivity index (χ1n) is 21.0. The van der Waals surface area contributed by atoms with Gasteiger partial charge in [-0.05, 0) is 84.4 Å². The van der Waals surface area contributed by atoms with Crippen LogP contribution in [0.5, 0.6) is 11.5 Å². The molecule has 8 rings (SSSR count). The molecule has 16 heteroatoms. The molecule has 4 heterocycles. The summed E-state index contributed by atoms with van der Waals surface area (Å²) >= 11 is 0. The summed E-state index contributed by atoms with van der Waals surface area (Å²) in [6.07, 6.45) is 6.50. The van der Waals surface area contributed by atoms with Gasteiger partial charge in [0, 0.05) is 24.0 Å². The molecule has 0 bridgehead atoms. The quantitative estimate of drug-likeness (QED) is 0.171. The molecule has 2 saturated carbocycles. The number of nitrogens with one attached hydrogen (secondary N) is 3. The Labute approximate surface area is 355 Å². The highest BCUT2D eigenvalue weighted by Crippen LogP contribution is 2.46. The molecule has 4 aliphatic rings. The van der Waals surface area contributed by atoms with E-state index in [1.54, 1.807) is 46.1 Å². The number of hydrogen-bond acceptors (Lipinski definition) is 11. The van der Waals surface area contributed by atoms with Crippen LogP contribution in [0.15, 0.2) is 65.1 Å². The first-order valence-corrected chi connectivity index (χ1v) is 22.6. The number of amides is 4. The number of pyridine rings is 1. The van der Waals surface area contributed by atoms with Crippen LogP contribution in [0.25, 0.3) is 33.3 Å². The first kappa shape index (κ1) is 42.1. The average Bonchev–Trinajstić information content (AvgIpc) is 4.11. The normalized spacial score (nSPS) is 25.4. The summed E-state index contributed by atoms with van der Waals surface area (Å²) in [5, 5.41) is 5.74. The van der Waals surface area contributed by atoms with Crippen molar-refractivity contribution in [1.82, 2.24) is 25.2 Å². The lowest BCUT2D eigenvalue weighted by molar-refractivity contribution is -0.141. The molecular weight excluding hydrogens is 803 g/mol. The average molecular weight is 856 g/mol. The molecule has 5 atom stereocenters. The SMILES string of the molecule is COc1ccc2oc3c(O[C@@H]4C[C@H]5C(=O)N[C@]6(C(=O)NS(=O)(=O)C7CC7)C[C@H]6/C=C\CCCCC[C@H](NC(=O)OC(C)(C)C)C(=O)N5C4)cc(-c4ccc(C)cc4)nc3c2c1.